The second kappa shape index (κ2) is 7.78. The first-order valence-corrected chi connectivity index (χ1v) is 8.93. The van der Waals surface area contributed by atoms with Crippen molar-refractivity contribution in [1.29, 1.82) is 0 Å². The molecule has 0 saturated heterocycles. The summed E-state index contributed by atoms with van der Waals surface area (Å²) >= 11 is 6.12. The first-order valence-electron chi connectivity index (χ1n) is 8.55. The fraction of sp³-hybridized carbons (Fsp3) is 0.389. The number of halogens is 1. The van der Waals surface area contributed by atoms with Gasteiger partial charge in [-0.1, -0.05) is 23.7 Å². The van der Waals surface area contributed by atoms with Crippen LogP contribution in [0.1, 0.15) is 30.3 Å². The summed E-state index contributed by atoms with van der Waals surface area (Å²) in [6.45, 7) is 5.82. The van der Waals surface area contributed by atoms with Crippen LogP contribution >= 0.6 is 11.6 Å². The average molecular weight is 376 g/mol. The molecule has 2 N–H and O–H groups in total. The van der Waals surface area contributed by atoms with Crippen LogP contribution in [-0.4, -0.2) is 33.2 Å². The van der Waals surface area contributed by atoms with Gasteiger partial charge in [0, 0.05) is 20.0 Å². The van der Waals surface area contributed by atoms with Gasteiger partial charge in [0.25, 0.3) is 0 Å². The van der Waals surface area contributed by atoms with E-state index in [0.717, 1.165) is 36.5 Å². The number of benzene rings is 1. The maximum atomic E-state index is 12.2. The van der Waals surface area contributed by atoms with Crippen LogP contribution in [0.2, 0.25) is 5.02 Å². The molecule has 3 amide bonds. The van der Waals surface area contributed by atoms with Crippen LogP contribution in [0.25, 0.3) is 0 Å². The molecule has 0 spiro atoms. The number of hydrogen-bond donors (Lipinski definition) is 2. The molecule has 3 rings (SSSR count). The van der Waals surface area contributed by atoms with E-state index in [2.05, 4.69) is 15.7 Å². The maximum absolute atomic E-state index is 12.2. The molecule has 2 aromatic rings. The first-order chi connectivity index (χ1) is 12.4. The number of urea groups is 1. The van der Waals surface area contributed by atoms with Crippen LogP contribution in [0.15, 0.2) is 24.3 Å². The van der Waals surface area contributed by atoms with Crippen molar-refractivity contribution in [1.82, 2.24) is 20.0 Å². The molecule has 0 radical (unpaired) electrons. The number of carbonyl (C=O) groups is 2. The van der Waals surface area contributed by atoms with Gasteiger partial charge in [0.1, 0.15) is 0 Å². The summed E-state index contributed by atoms with van der Waals surface area (Å²) in [7, 11) is 0. The number of hydrogen-bond acceptors (Lipinski definition) is 3. The van der Waals surface area contributed by atoms with E-state index in [-0.39, 0.29) is 11.9 Å². The van der Waals surface area contributed by atoms with Gasteiger partial charge < -0.3 is 15.5 Å². The summed E-state index contributed by atoms with van der Waals surface area (Å²) in [5.74, 6) is 0.0637. The number of carbonyl (C=O) groups excluding carboxylic acids is 2. The molecule has 8 heteroatoms. The van der Waals surface area contributed by atoms with Gasteiger partial charge in [-0.15, -0.1) is 0 Å². The maximum Gasteiger partial charge on any atom is 0.319 e. The predicted molar refractivity (Wildman–Crippen MR) is 100.0 cm³/mol. The van der Waals surface area contributed by atoms with Gasteiger partial charge in [-0.05, 0) is 31.0 Å². The highest BCUT2D eigenvalue weighted by Crippen LogP contribution is 2.25. The molecule has 0 fully saturated rings. The summed E-state index contributed by atoms with van der Waals surface area (Å²) in [4.78, 5) is 25.6. The third kappa shape index (κ3) is 4.16. The lowest BCUT2D eigenvalue weighted by molar-refractivity contribution is -0.129. The largest absolute Gasteiger partial charge is 0.337 e. The van der Waals surface area contributed by atoms with Crippen LogP contribution in [0.4, 0.5) is 10.5 Å². The molecule has 1 aromatic heterocycles. The summed E-state index contributed by atoms with van der Waals surface area (Å²) in [6, 6.07) is 7.05. The first kappa shape index (κ1) is 18.3. The van der Waals surface area contributed by atoms with Crippen LogP contribution in [0.3, 0.4) is 0 Å². The Morgan fingerprint density at radius 2 is 2.12 bits per heavy atom. The fourth-order valence-corrected chi connectivity index (χ4v) is 3.26. The Hall–Kier alpha value is -2.54. The third-order valence-electron chi connectivity index (χ3n) is 4.40. The van der Waals surface area contributed by atoms with Crippen molar-refractivity contribution in [3.63, 3.8) is 0 Å². The van der Waals surface area contributed by atoms with Crippen molar-refractivity contribution < 1.29 is 9.59 Å². The molecule has 0 bridgehead atoms. The van der Waals surface area contributed by atoms with E-state index >= 15 is 0 Å². The lowest BCUT2D eigenvalue weighted by atomic mass is 10.2. The van der Waals surface area contributed by atoms with E-state index in [0.29, 0.717) is 23.8 Å². The van der Waals surface area contributed by atoms with E-state index < -0.39 is 0 Å². The zero-order valence-corrected chi connectivity index (χ0v) is 15.6. The topological polar surface area (TPSA) is 79.3 Å². The number of amides is 3. The number of para-hydroxylation sites is 1. The highest BCUT2D eigenvalue weighted by molar-refractivity contribution is 6.33. The summed E-state index contributed by atoms with van der Waals surface area (Å²) in [5, 5.41) is 10.6. The minimum atomic E-state index is -0.338. The Balaban J connectivity index is 1.61. The van der Waals surface area contributed by atoms with Gasteiger partial charge in [0.05, 0.1) is 35.2 Å². The number of rotatable bonds is 3. The fourth-order valence-electron chi connectivity index (χ4n) is 3.00. The Kier molecular flexibility index (Phi) is 5.46. The Labute approximate surface area is 157 Å². The molecular formula is C18H22ClN5O2. The van der Waals surface area contributed by atoms with Crippen molar-refractivity contribution in [2.45, 2.75) is 39.9 Å². The third-order valence-corrected chi connectivity index (χ3v) is 4.72. The average Bonchev–Trinajstić information content (AvgIpc) is 2.86. The molecule has 1 aliphatic rings. The molecule has 138 valence electrons. The van der Waals surface area contributed by atoms with Crippen molar-refractivity contribution in [3.8, 4) is 0 Å². The van der Waals surface area contributed by atoms with Crippen molar-refractivity contribution in [3.05, 3.63) is 46.2 Å². The molecule has 0 atom stereocenters. The standard InChI is InChI=1S/C18H22ClN5O2/c1-12-5-3-6-16(19)17(12)21-18(26)20-10-14-9-15-11-23(13(2)25)7-4-8-24(15)22-14/h3,5-6,9H,4,7-8,10-11H2,1-2H3,(H2,20,21,26). The molecule has 0 saturated carbocycles. The zero-order valence-electron chi connectivity index (χ0n) is 14.9. The van der Waals surface area contributed by atoms with E-state index in [4.69, 9.17) is 11.6 Å². The van der Waals surface area contributed by atoms with E-state index in [1.165, 1.54) is 0 Å². The van der Waals surface area contributed by atoms with Crippen molar-refractivity contribution >= 4 is 29.2 Å². The second-order valence-electron chi connectivity index (χ2n) is 6.38. The van der Waals surface area contributed by atoms with Gasteiger partial charge in [0.2, 0.25) is 5.91 Å². The number of aromatic nitrogens is 2. The lowest BCUT2D eigenvalue weighted by Gasteiger charge is -2.17. The van der Waals surface area contributed by atoms with Gasteiger partial charge in [0.15, 0.2) is 0 Å². The number of nitrogens with one attached hydrogen (secondary N) is 2. The Bertz CT molecular complexity index is 813. The van der Waals surface area contributed by atoms with Gasteiger partial charge in [-0.25, -0.2) is 4.79 Å². The number of nitrogens with zero attached hydrogens (tertiary/aromatic N) is 3. The zero-order chi connectivity index (χ0) is 18.7. The summed E-state index contributed by atoms with van der Waals surface area (Å²) in [5.41, 5.74) is 3.24. The molecular weight excluding hydrogens is 354 g/mol. The monoisotopic (exact) mass is 375 g/mol. The minimum Gasteiger partial charge on any atom is -0.337 e. The molecule has 7 nitrogen and oxygen atoms in total. The second-order valence-corrected chi connectivity index (χ2v) is 6.79. The summed E-state index contributed by atoms with van der Waals surface area (Å²) < 4.78 is 1.91. The smallest absolute Gasteiger partial charge is 0.319 e. The highest BCUT2D eigenvalue weighted by Gasteiger charge is 2.18. The lowest BCUT2D eigenvalue weighted by Crippen LogP contribution is -2.29. The van der Waals surface area contributed by atoms with E-state index in [1.54, 1.807) is 13.0 Å². The van der Waals surface area contributed by atoms with Gasteiger partial charge >= 0.3 is 6.03 Å². The van der Waals surface area contributed by atoms with Crippen LogP contribution in [-0.2, 0) is 24.4 Å². The number of fused-ring (bicyclic) bond motifs is 1. The summed E-state index contributed by atoms with van der Waals surface area (Å²) in [6.07, 6.45) is 0.868. The van der Waals surface area contributed by atoms with Gasteiger partial charge in [-0.2, -0.15) is 5.10 Å². The predicted octanol–water partition coefficient (Wildman–Crippen LogP) is 2.92. The number of anilines is 1. The van der Waals surface area contributed by atoms with Crippen LogP contribution in [0.5, 0.6) is 0 Å². The van der Waals surface area contributed by atoms with Gasteiger partial charge in [-0.3, -0.25) is 9.48 Å². The van der Waals surface area contributed by atoms with Crippen molar-refractivity contribution in [2.24, 2.45) is 0 Å². The SMILES string of the molecule is CC(=O)N1CCCn2nc(CNC(=O)Nc3c(C)cccc3Cl)cc2C1. The Morgan fingerprint density at radius 1 is 1.31 bits per heavy atom. The molecule has 0 aliphatic carbocycles. The molecule has 1 aromatic carbocycles. The van der Waals surface area contributed by atoms with Crippen molar-refractivity contribution in [2.75, 3.05) is 11.9 Å². The van der Waals surface area contributed by atoms with E-state index in [9.17, 15) is 9.59 Å². The van der Waals surface area contributed by atoms with Crippen LogP contribution < -0.4 is 10.6 Å². The molecule has 26 heavy (non-hydrogen) atoms. The highest BCUT2D eigenvalue weighted by atomic mass is 35.5. The van der Waals surface area contributed by atoms with Crippen LogP contribution in [0, 0.1) is 6.92 Å². The van der Waals surface area contributed by atoms with E-state index in [1.807, 2.05) is 34.7 Å². The number of aryl methyl sites for hydroxylation is 2. The normalized spacial score (nSPS) is 13.7. The molecule has 2 heterocycles. The molecule has 0 unspecified atom stereocenters. The quantitative estimate of drug-likeness (QED) is 0.865. The minimum absolute atomic E-state index is 0.0637. The molecule has 1 aliphatic heterocycles. The Morgan fingerprint density at radius 3 is 2.85 bits per heavy atom.